The van der Waals surface area contributed by atoms with Crippen LogP contribution in [0.1, 0.15) is 40.0 Å². The molecule has 1 rings (SSSR count). The van der Waals surface area contributed by atoms with Crippen LogP contribution in [0, 0.1) is 0 Å². The van der Waals surface area contributed by atoms with Crippen molar-refractivity contribution in [1.82, 2.24) is 4.98 Å². The minimum absolute atomic E-state index is 0.419. The molecule has 1 aromatic heterocycles. The smallest absolute Gasteiger partial charge is 0.0959 e. The first-order valence-corrected chi connectivity index (χ1v) is 8.23. The number of nitrogens with zero attached hydrogens (tertiary/aromatic N) is 1. The Morgan fingerprint density at radius 1 is 1.06 bits per heavy atom. The van der Waals surface area contributed by atoms with Gasteiger partial charge in [-0.25, -0.2) is 4.98 Å². The molecule has 0 aliphatic carbocycles. The second-order valence-corrected chi connectivity index (χ2v) is 8.07. The Kier molecular flexibility index (Phi) is 7.05. The zero-order chi connectivity index (χ0) is 12.6. The Morgan fingerprint density at radius 3 is 2.47 bits per heavy atom. The highest BCUT2D eigenvalue weighted by Crippen LogP contribution is 2.24. The number of hydrogen-bond acceptors (Lipinski definition) is 3. The molecule has 0 fully saturated rings. The fourth-order valence-electron chi connectivity index (χ4n) is 1.37. The van der Waals surface area contributed by atoms with Gasteiger partial charge in [-0.1, -0.05) is 33.3 Å². The summed E-state index contributed by atoms with van der Waals surface area (Å²) in [5.74, 6) is 2.48. The third-order valence-corrected chi connectivity index (χ3v) is 4.60. The molecule has 0 bridgehead atoms. The molecular weight excluding hydrogens is 246 g/mol. The molecule has 0 N–H and O–H groups in total. The van der Waals surface area contributed by atoms with Crippen molar-refractivity contribution in [3.63, 3.8) is 0 Å². The Balaban J connectivity index is 1.95. The van der Waals surface area contributed by atoms with Gasteiger partial charge in [-0.3, -0.25) is 0 Å². The molecule has 0 aromatic carbocycles. The van der Waals surface area contributed by atoms with E-state index in [9.17, 15) is 0 Å². The van der Waals surface area contributed by atoms with E-state index in [0.29, 0.717) is 4.75 Å². The molecule has 0 unspecified atom stereocenters. The van der Waals surface area contributed by atoms with Crippen molar-refractivity contribution in [1.29, 1.82) is 0 Å². The van der Waals surface area contributed by atoms with E-state index in [1.54, 1.807) is 0 Å². The number of pyridine rings is 1. The van der Waals surface area contributed by atoms with E-state index in [1.807, 2.05) is 24.0 Å². The quantitative estimate of drug-likeness (QED) is 0.517. The molecule has 0 aliphatic heterocycles. The Labute approximate surface area is 114 Å². The van der Waals surface area contributed by atoms with E-state index in [0.717, 1.165) is 5.03 Å². The topological polar surface area (TPSA) is 12.9 Å². The third-order valence-electron chi connectivity index (χ3n) is 2.21. The molecular formula is C14H23NS2. The average Bonchev–Trinajstić information content (AvgIpc) is 2.28. The highest BCUT2D eigenvalue weighted by atomic mass is 32.2. The minimum atomic E-state index is 0.419. The molecule has 1 heterocycles. The first-order valence-electron chi connectivity index (χ1n) is 6.26. The summed E-state index contributed by atoms with van der Waals surface area (Å²) >= 11 is 3.93. The normalized spacial score (nSPS) is 11.7. The van der Waals surface area contributed by atoms with Gasteiger partial charge >= 0.3 is 0 Å². The maximum Gasteiger partial charge on any atom is 0.0959 e. The van der Waals surface area contributed by atoms with E-state index >= 15 is 0 Å². The van der Waals surface area contributed by atoms with Crippen molar-refractivity contribution < 1.29 is 0 Å². The molecule has 3 heteroatoms. The van der Waals surface area contributed by atoms with Crippen molar-refractivity contribution in [2.24, 2.45) is 0 Å². The lowest BCUT2D eigenvalue weighted by molar-refractivity contribution is 0.766. The Bertz CT molecular complexity index is 293. The Morgan fingerprint density at radius 2 is 1.82 bits per heavy atom. The minimum Gasteiger partial charge on any atom is -0.250 e. The predicted octanol–water partition coefficient (Wildman–Crippen LogP) is 4.88. The summed E-state index contributed by atoms with van der Waals surface area (Å²) < 4.78 is 0.419. The highest BCUT2D eigenvalue weighted by molar-refractivity contribution is 8.00. The molecule has 1 aromatic rings. The van der Waals surface area contributed by atoms with Crippen LogP contribution in [0.2, 0.25) is 0 Å². The van der Waals surface area contributed by atoms with Crippen LogP contribution in [-0.2, 0) is 0 Å². The van der Waals surface area contributed by atoms with Crippen LogP contribution in [0.5, 0.6) is 0 Å². The maximum absolute atomic E-state index is 4.30. The molecule has 0 saturated heterocycles. The van der Waals surface area contributed by atoms with Crippen molar-refractivity contribution in [2.45, 2.75) is 49.8 Å². The third kappa shape index (κ3) is 8.56. The van der Waals surface area contributed by atoms with Crippen molar-refractivity contribution in [2.75, 3.05) is 11.5 Å². The van der Waals surface area contributed by atoms with Crippen LogP contribution >= 0.6 is 23.5 Å². The van der Waals surface area contributed by atoms with Gasteiger partial charge in [-0.15, -0.1) is 11.8 Å². The van der Waals surface area contributed by atoms with E-state index < -0.39 is 0 Å². The van der Waals surface area contributed by atoms with Gasteiger partial charge in [0.05, 0.1) is 5.03 Å². The monoisotopic (exact) mass is 269 g/mol. The molecule has 0 aliphatic rings. The average molecular weight is 269 g/mol. The van der Waals surface area contributed by atoms with Crippen LogP contribution in [0.3, 0.4) is 0 Å². The van der Waals surface area contributed by atoms with Crippen LogP contribution in [0.25, 0.3) is 0 Å². The van der Waals surface area contributed by atoms with Gasteiger partial charge in [0, 0.05) is 10.9 Å². The summed E-state index contributed by atoms with van der Waals surface area (Å²) in [5.41, 5.74) is 0. The molecule has 0 radical (unpaired) electrons. The largest absolute Gasteiger partial charge is 0.250 e. The van der Waals surface area contributed by atoms with E-state index in [-0.39, 0.29) is 0 Å². The number of rotatable bonds is 7. The van der Waals surface area contributed by atoms with Gasteiger partial charge in [0.1, 0.15) is 0 Å². The molecule has 0 atom stereocenters. The molecule has 0 amide bonds. The van der Waals surface area contributed by atoms with Gasteiger partial charge in [0.25, 0.3) is 0 Å². The zero-order valence-electron chi connectivity index (χ0n) is 11.1. The van der Waals surface area contributed by atoms with Gasteiger partial charge < -0.3 is 0 Å². The van der Waals surface area contributed by atoms with E-state index in [2.05, 4.69) is 49.6 Å². The van der Waals surface area contributed by atoms with Crippen LogP contribution in [0.4, 0.5) is 0 Å². The number of thioether (sulfide) groups is 2. The molecule has 0 spiro atoms. The number of aromatic nitrogens is 1. The van der Waals surface area contributed by atoms with E-state index in [4.69, 9.17) is 0 Å². The zero-order valence-corrected chi connectivity index (χ0v) is 12.7. The number of unbranched alkanes of at least 4 members (excludes halogenated alkanes) is 2. The molecule has 17 heavy (non-hydrogen) atoms. The standard InChI is InChI=1S/C14H23NS2/c1-14(2,3)17-12-8-4-7-11-16-13-9-5-6-10-15-13/h5-6,9-10H,4,7-8,11-12H2,1-3H3. The van der Waals surface area contributed by atoms with Crippen LogP contribution in [0.15, 0.2) is 29.4 Å². The summed E-state index contributed by atoms with van der Waals surface area (Å²) in [6, 6.07) is 6.10. The van der Waals surface area contributed by atoms with E-state index in [1.165, 1.54) is 30.8 Å². The SMILES string of the molecule is CC(C)(C)SCCCCCSc1ccccn1. The van der Waals surface area contributed by atoms with Gasteiger partial charge in [0.15, 0.2) is 0 Å². The molecule has 96 valence electrons. The van der Waals surface area contributed by atoms with Crippen molar-refractivity contribution in [3.05, 3.63) is 24.4 Å². The number of hydrogen-bond donors (Lipinski definition) is 0. The fraction of sp³-hybridized carbons (Fsp3) is 0.643. The fourth-order valence-corrected chi connectivity index (χ4v) is 3.20. The summed E-state index contributed by atoms with van der Waals surface area (Å²) in [5, 5.41) is 1.15. The predicted molar refractivity (Wildman–Crippen MR) is 81.0 cm³/mol. The lowest BCUT2D eigenvalue weighted by Crippen LogP contribution is -2.08. The first-order chi connectivity index (χ1) is 8.08. The van der Waals surface area contributed by atoms with Gasteiger partial charge in [0.2, 0.25) is 0 Å². The highest BCUT2D eigenvalue weighted by Gasteiger charge is 2.08. The van der Waals surface area contributed by atoms with Crippen LogP contribution in [-0.4, -0.2) is 21.2 Å². The lowest BCUT2D eigenvalue weighted by Gasteiger charge is -2.17. The second-order valence-electron chi connectivity index (χ2n) is 5.04. The van der Waals surface area contributed by atoms with Crippen LogP contribution < -0.4 is 0 Å². The van der Waals surface area contributed by atoms with Crippen molar-refractivity contribution >= 4 is 23.5 Å². The lowest BCUT2D eigenvalue weighted by atomic mass is 10.3. The van der Waals surface area contributed by atoms with Gasteiger partial charge in [-0.05, 0) is 36.5 Å². The summed E-state index contributed by atoms with van der Waals surface area (Å²) in [4.78, 5) is 4.30. The first kappa shape index (κ1) is 14.9. The summed E-state index contributed by atoms with van der Waals surface area (Å²) in [7, 11) is 0. The van der Waals surface area contributed by atoms with Gasteiger partial charge in [-0.2, -0.15) is 11.8 Å². The second kappa shape index (κ2) is 8.04. The maximum atomic E-state index is 4.30. The molecule has 0 saturated carbocycles. The Hall–Kier alpha value is -0.150. The summed E-state index contributed by atoms with van der Waals surface area (Å²) in [6.45, 7) is 6.86. The summed E-state index contributed by atoms with van der Waals surface area (Å²) in [6.07, 6.45) is 5.84. The molecule has 1 nitrogen and oxygen atoms in total. The van der Waals surface area contributed by atoms with Crippen molar-refractivity contribution in [3.8, 4) is 0 Å².